The zero-order valence-corrected chi connectivity index (χ0v) is 18.7. The number of nitro benzene ring substituents is 1. The molecular weight excluding hydrogens is 444 g/mol. The van der Waals surface area contributed by atoms with E-state index in [0.29, 0.717) is 21.7 Å². The standard InChI is InChI=1S/C22H24N6O4S/c29-13-12-27-22(24-25-26-27)33-20-11-10-18(28(31)32)14-19(20)21(30)23-17-8-6-16(7-9-17)15-4-2-1-3-5-15/h6-11,14-15,29H,1-5,12-13H2,(H,23,30). The second kappa shape index (κ2) is 10.5. The second-order valence-corrected chi connectivity index (χ2v) is 8.87. The minimum Gasteiger partial charge on any atom is -0.394 e. The van der Waals surface area contributed by atoms with Crippen molar-refractivity contribution in [3.8, 4) is 0 Å². The van der Waals surface area contributed by atoms with Crippen LogP contribution in [0, 0.1) is 10.1 Å². The highest BCUT2D eigenvalue weighted by Gasteiger charge is 2.20. The summed E-state index contributed by atoms with van der Waals surface area (Å²) < 4.78 is 1.40. The van der Waals surface area contributed by atoms with Crippen molar-refractivity contribution < 1.29 is 14.8 Å². The molecule has 1 fully saturated rings. The Kier molecular flexibility index (Phi) is 7.30. The van der Waals surface area contributed by atoms with E-state index in [1.807, 2.05) is 24.3 Å². The number of tetrazole rings is 1. The van der Waals surface area contributed by atoms with E-state index in [2.05, 4.69) is 20.8 Å². The molecule has 1 saturated carbocycles. The van der Waals surface area contributed by atoms with Gasteiger partial charge in [-0.15, -0.1) is 5.10 Å². The lowest BCUT2D eigenvalue weighted by Gasteiger charge is -2.22. The SMILES string of the molecule is O=C(Nc1ccc(C2CCCCC2)cc1)c1cc([N+](=O)[O-])ccc1Sc1nnnn1CCO. The number of aromatic nitrogens is 4. The molecule has 4 rings (SSSR count). The fourth-order valence-electron chi connectivity index (χ4n) is 3.97. The molecule has 0 saturated heterocycles. The number of aliphatic hydroxyl groups excluding tert-OH is 1. The number of amides is 1. The number of hydrogen-bond donors (Lipinski definition) is 2. The van der Waals surface area contributed by atoms with E-state index in [1.165, 1.54) is 60.5 Å². The third-order valence-electron chi connectivity index (χ3n) is 5.68. The van der Waals surface area contributed by atoms with Crippen molar-refractivity contribution in [1.29, 1.82) is 0 Å². The molecule has 172 valence electrons. The van der Waals surface area contributed by atoms with Crippen LogP contribution in [0.25, 0.3) is 0 Å². The normalized spacial score (nSPS) is 14.2. The molecule has 1 aliphatic rings. The van der Waals surface area contributed by atoms with Crippen molar-refractivity contribution in [2.75, 3.05) is 11.9 Å². The molecule has 10 nitrogen and oxygen atoms in total. The van der Waals surface area contributed by atoms with Crippen LogP contribution in [0.4, 0.5) is 11.4 Å². The molecular formula is C22H24N6O4S. The molecule has 1 amide bonds. The molecule has 1 heterocycles. The average molecular weight is 469 g/mol. The molecule has 1 aromatic heterocycles. The smallest absolute Gasteiger partial charge is 0.270 e. The zero-order valence-electron chi connectivity index (χ0n) is 17.9. The average Bonchev–Trinajstić information content (AvgIpc) is 3.27. The molecule has 11 heteroatoms. The number of nitrogens with zero attached hydrogens (tertiary/aromatic N) is 5. The molecule has 2 N–H and O–H groups in total. The van der Waals surface area contributed by atoms with Crippen molar-refractivity contribution >= 4 is 29.0 Å². The lowest BCUT2D eigenvalue weighted by atomic mass is 9.84. The predicted molar refractivity (Wildman–Crippen MR) is 122 cm³/mol. The maximum atomic E-state index is 13.1. The van der Waals surface area contributed by atoms with Gasteiger partial charge < -0.3 is 10.4 Å². The summed E-state index contributed by atoms with van der Waals surface area (Å²) in [6, 6.07) is 11.9. The number of non-ortho nitro benzene ring substituents is 1. The number of carbonyl (C=O) groups is 1. The Hall–Kier alpha value is -3.31. The van der Waals surface area contributed by atoms with Crippen molar-refractivity contribution in [2.24, 2.45) is 0 Å². The number of nitrogens with one attached hydrogen (secondary N) is 1. The minimum absolute atomic E-state index is 0.143. The highest BCUT2D eigenvalue weighted by Crippen LogP contribution is 2.34. The monoisotopic (exact) mass is 468 g/mol. The van der Waals surface area contributed by atoms with E-state index in [-0.39, 0.29) is 24.4 Å². The second-order valence-electron chi connectivity index (χ2n) is 7.86. The van der Waals surface area contributed by atoms with Gasteiger partial charge in [0.2, 0.25) is 5.16 Å². The summed E-state index contributed by atoms with van der Waals surface area (Å²) in [5, 5.41) is 35.0. The molecule has 0 aliphatic heterocycles. The van der Waals surface area contributed by atoms with Crippen LogP contribution in [0.5, 0.6) is 0 Å². The lowest BCUT2D eigenvalue weighted by Crippen LogP contribution is -2.14. The van der Waals surface area contributed by atoms with E-state index in [9.17, 15) is 20.0 Å². The Labute approximate surface area is 194 Å². The first-order chi connectivity index (χ1) is 16.0. The van der Waals surface area contributed by atoms with Gasteiger partial charge >= 0.3 is 0 Å². The van der Waals surface area contributed by atoms with E-state index in [1.54, 1.807) is 0 Å². The molecule has 33 heavy (non-hydrogen) atoms. The van der Waals surface area contributed by atoms with E-state index in [4.69, 9.17) is 0 Å². The summed E-state index contributed by atoms with van der Waals surface area (Å²) in [5.41, 5.74) is 1.85. The van der Waals surface area contributed by atoms with Crippen molar-refractivity contribution in [3.63, 3.8) is 0 Å². The van der Waals surface area contributed by atoms with Crippen LogP contribution in [-0.2, 0) is 6.54 Å². The quantitative estimate of drug-likeness (QED) is 0.374. The summed E-state index contributed by atoms with van der Waals surface area (Å²) in [5.74, 6) is 0.0981. The minimum atomic E-state index is -0.542. The molecule has 3 aromatic rings. The van der Waals surface area contributed by atoms with Gasteiger partial charge in [0.1, 0.15) is 0 Å². The van der Waals surface area contributed by atoms with Crippen LogP contribution >= 0.6 is 11.8 Å². The third-order valence-corrected chi connectivity index (χ3v) is 6.73. The van der Waals surface area contributed by atoms with Gasteiger partial charge in [0.15, 0.2) is 0 Å². The fourth-order valence-corrected chi connectivity index (χ4v) is 4.88. The predicted octanol–water partition coefficient (Wildman–Crippen LogP) is 4.02. The summed E-state index contributed by atoms with van der Waals surface area (Å²) in [6.45, 7) is 0.0419. The molecule has 0 spiro atoms. The summed E-state index contributed by atoms with van der Waals surface area (Å²) in [7, 11) is 0. The maximum absolute atomic E-state index is 13.1. The van der Waals surface area contributed by atoms with Gasteiger partial charge in [0.25, 0.3) is 11.6 Å². The number of aliphatic hydroxyl groups is 1. The summed E-state index contributed by atoms with van der Waals surface area (Å²) in [4.78, 5) is 24.3. The zero-order chi connectivity index (χ0) is 23.2. The Morgan fingerprint density at radius 2 is 1.94 bits per heavy atom. The van der Waals surface area contributed by atoms with Crippen LogP contribution in [0.15, 0.2) is 52.5 Å². The number of rotatable bonds is 8. The number of carbonyl (C=O) groups excluding carboxylic acids is 1. The molecule has 0 bridgehead atoms. The Balaban J connectivity index is 1.55. The Morgan fingerprint density at radius 1 is 1.18 bits per heavy atom. The topological polar surface area (TPSA) is 136 Å². The van der Waals surface area contributed by atoms with Gasteiger partial charge in [-0.1, -0.05) is 31.4 Å². The van der Waals surface area contributed by atoms with E-state index < -0.39 is 10.8 Å². The molecule has 0 radical (unpaired) electrons. The lowest BCUT2D eigenvalue weighted by molar-refractivity contribution is -0.384. The highest BCUT2D eigenvalue weighted by molar-refractivity contribution is 7.99. The maximum Gasteiger partial charge on any atom is 0.270 e. The van der Waals surface area contributed by atoms with Gasteiger partial charge in [-0.25, -0.2) is 4.68 Å². The highest BCUT2D eigenvalue weighted by atomic mass is 32.2. The summed E-state index contributed by atoms with van der Waals surface area (Å²) in [6.07, 6.45) is 6.17. The Bertz CT molecular complexity index is 1130. The van der Waals surface area contributed by atoms with Gasteiger partial charge in [0, 0.05) is 22.7 Å². The van der Waals surface area contributed by atoms with Crippen LogP contribution in [-0.4, -0.2) is 42.8 Å². The van der Waals surface area contributed by atoms with Crippen molar-refractivity contribution in [1.82, 2.24) is 20.2 Å². The first-order valence-corrected chi connectivity index (χ1v) is 11.6. The van der Waals surface area contributed by atoms with Gasteiger partial charge in [-0.05, 0) is 64.7 Å². The fraction of sp³-hybridized carbons (Fsp3) is 0.364. The first kappa shape index (κ1) is 22.9. The summed E-state index contributed by atoms with van der Waals surface area (Å²) >= 11 is 1.10. The van der Waals surface area contributed by atoms with Crippen molar-refractivity contribution in [2.45, 2.75) is 54.6 Å². The third kappa shape index (κ3) is 5.55. The van der Waals surface area contributed by atoms with Crippen molar-refractivity contribution in [3.05, 3.63) is 63.7 Å². The molecule has 0 atom stereocenters. The number of benzene rings is 2. The Morgan fingerprint density at radius 3 is 2.64 bits per heavy atom. The van der Waals surface area contributed by atoms with Crippen LogP contribution in [0.3, 0.4) is 0 Å². The van der Waals surface area contributed by atoms with Crippen LogP contribution in [0.2, 0.25) is 0 Å². The molecule has 1 aliphatic carbocycles. The first-order valence-electron chi connectivity index (χ1n) is 10.8. The number of anilines is 1. The van der Waals surface area contributed by atoms with Crippen LogP contribution < -0.4 is 5.32 Å². The number of nitro groups is 1. The van der Waals surface area contributed by atoms with Gasteiger partial charge in [-0.3, -0.25) is 14.9 Å². The van der Waals surface area contributed by atoms with Gasteiger partial charge in [-0.2, -0.15) is 0 Å². The van der Waals surface area contributed by atoms with Gasteiger partial charge in [0.05, 0.1) is 23.6 Å². The van der Waals surface area contributed by atoms with E-state index >= 15 is 0 Å². The molecule has 2 aromatic carbocycles. The largest absolute Gasteiger partial charge is 0.394 e. The number of hydrogen-bond acceptors (Lipinski definition) is 8. The molecule has 0 unspecified atom stereocenters. The van der Waals surface area contributed by atoms with E-state index in [0.717, 1.165) is 11.8 Å². The van der Waals surface area contributed by atoms with Crippen LogP contribution in [0.1, 0.15) is 53.9 Å².